The number of aliphatic hydroxyl groups excluding tert-OH is 2. The lowest BCUT2D eigenvalue weighted by atomic mass is 10.00. The van der Waals surface area contributed by atoms with Crippen LogP contribution in [-0.2, 0) is 0 Å². The first kappa shape index (κ1) is 15.5. The van der Waals surface area contributed by atoms with E-state index in [0.29, 0.717) is 5.75 Å². The quantitative estimate of drug-likeness (QED) is 0.707. The van der Waals surface area contributed by atoms with Gasteiger partial charge in [-0.25, -0.2) is 0 Å². The van der Waals surface area contributed by atoms with E-state index >= 15 is 0 Å². The molecule has 102 valence electrons. The summed E-state index contributed by atoms with van der Waals surface area (Å²) in [5, 5.41) is 18.5. The Kier molecular flexibility index (Phi) is 6.71. The van der Waals surface area contributed by atoms with Gasteiger partial charge in [-0.2, -0.15) is 0 Å². The highest BCUT2D eigenvalue weighted by atomic mass is 32.2. The minimum Gasteiger partial charge on any atom is -0.394 e. The summed E-state index contributed by atoms with van der Waals surface area (Å²) in [5.41, 5.74) is 8.62. The Morgan fingerprint density at radius 3 is 2.56 bits per heavy atom. The molecule has 4 heteroatoms. The molecule has 18 heavy (non-hydrogen) atoms. The Morgan fingerprint density at radius 1 is 1.33 bits per heavy atom. The van der Waals surface area contributed by atoms with E-state index in [2.05, 4.69) is 26.0 Å². The molecular weight excluding hydrogens is 246 g/mol. The maximum absolute atomic E-state index is 9.47. The maximum Gasteiger partial charge on any atom is 0.0861 e. The van der Waals surface area contributed by atoms with Crippen molar-refractivity contribution in [2.75, 3.05) is 12.4 Å². The van der Waals surface area contributed by atoms with Crippen molar-refractivity contribution < 1.29 is 10.2 Å². The third kappa shape index (κ3) is 4.28. The Morgan fingerprint density at radius 2 is 2.00 bits per heavy atom. The van der Waals surface area contributed by atoms with Gasteiger partial charge in [0.1, 0.15) is 0 Å². The van der Waals surface area contributed by atoms with Crippen LogP contribution >= 0.6 is 11.8 Å². The van der Waals surface area contributed by atoms with Crippen LogP contribution in [0.15, 0.2) is 24.3 Å². The molecule has 0 aromatic heterocycles. The molecule has 0 aliphatic heterocycles. The van der Waals surface area contributed by atoms with Gasteiger partial charge < -0.3 is 15.9 Å². The molecule has 0 amide bonds. The van der Waals surface area contributed by atoms with E-state index < -0.39 is 6.10 Å². The van der Waals surface area contributed by atoms with Gasteiger partial charge >= 0.3 is 0 Å². The Balaban J connectivity index is 2.82. The molecule has 3 nitrogen and oxygen atoms in total. The average Bonchev–Trinajstić information content (AvgIpc) is 2.40. The van der Waals surface area contributed by atoms with Crippen LogP contribution in [0.25, 0.3) is 0 Å². The normalized spacial score (nSPS) is 16.3. The maximum atomic E-state index is 9.47. The molecule has 1 aromatic rings. The molecule has 3 unspecified atom stereocenters. The first-order chi connectivity index (χ1) is 8.60. The number of benzene rings is 1. The van der Waals surface area contributed by atoms with Crippen molar-refractivity contribution in [3.8, 4) is 0 Å². The molecule has 1 aromatic carbocycles. The highest BCUT2D eigenvalue weighted by molar-refractivity contribution is 7.99. The molecule has 0 bridgehead atoms. The van der Waals surface area contributed by atoms with Crippen molar-refractivity contribution in [1.82, 2.24) is 0 Å². The molecule has 0 radical (unpaired) electrons. The molecule has 0 aliphatic carbocycles. The van der Waals surface area contributed by atoms with E-state index in [1.165, 1.54) is 11.1 Å². The van der Waals surface area contributed by atoms with Gasteiger partial charge in [0.05, 0.1) is 12.7 Å². The zero-order valence-electron chi connectivity index (χ0n) is 11.0. The van der Waals surface area contributed by atoms with Crippen LogP contribution in [0.5, 0.6) is 0 Å². The lowest BCUT2D eigenvalue weighted by molar-refractivity contribution is 0.113. The second-order valence-corrected chi connectivity index (χ2v) is 5.69. The van der Waals surface area contributed by atoms with Crippen molar-refractivity contribution in [2.45, 2.75) is 37.7 Å². The van der Waals surface area contributed by atoms with Gasteiger partial charge in [-0.3, -0.25) is 0 Å². The summed E-state index contributed by atoms with van der Waals surface area (Å²) in [6, 6.07) is 8.25. The molecule has 0 fully saturated rings. The zero-order chi connectivity index (χ0) is 13.5. The highest BCUT2D eigenvalue weighted by Crippen LogP contribution is 2.34. The molecule has 0 aliphatic rings. The molecule has 3 atom stereocenters. The minimum absolute atomic E-state index is 0.0574. The van der Waals surface area contributed by atoms with E-state index in [4.69, 9.17) is 10.8 Å². The van der Waals surface area contributed by atoms with E-state index in [9.17, 15) is 5.11 Å². The van der Waals surface area contributed by atoms with Crippen molar-refractivity contribution in [1.29, 1.82) is 0 Å². The summed E-state index contributed by atoms with van der Waals surface area (Å²) < 4.78 is 0. The fourth-order valence-corrected chi connectivity index (χ4v) is 3.25. The summed E-state index contributed by atoms with van der Waals surface area (Å²) in [6.07, 6.45) is 0.215. The fourth-order valence-electron chi connectivity index (χ4n) is 1.83. The van der Waals surface area contributed by atoms with E-state index in [1.54, 1.807) is 11.8 Å². The number of aliphatic hydroxyl groups is 2. The van der Waals surface area contributed by atoms with Crippen LogP contribution in [0, 0.1) is 6.92 Å². The first-order valence-corrected chi connectivity index (χ1v) is 7.36. The van der Waals surface area contributed by atoms with Crippen LogP contribution in [0.4, 0.5) is 0 Å². The third-order valence-corrected chi connectivity index (χ3v) is 4.57. The lowest BCUT2D eigenvalue weighted by Gasteiger charge is -2.25. The number of nitrogens with two attached hydrogens (primary N) is 1. The predicted molar refractivity (Wildman–Crippen MR) is 77.7 cm³/mol. The smallest absolute Gasteiger partial charge is 0.0861 e. The monoisotopic (exact) mass is 269 g/mol. The van der Waals surface area contributed by atoms with Crippen molar-refractivity contribution >= 4 is 11.8 Å². The molecule has 0 heterocycles. The van der Waals surface area contributed by atoms with Crippen LogP contribution in [-0.4, -0.2) is 34.7 Å². The van der Waals surface area contributed by atoms with E-state index in [-0.39, 0.29) is 17.9 Å². The van der Waals surface area contributed by atoms with Crippen LogP contribution in [0.3, 0.4) is 0 Å². The molecule has 0 saturated carbocycles. The Labute approximate surface area is 113 Å². The van der Waals surface area contributed by atoms with Gasteiger partial charge in [0, 0.05) is 17.0 Å². The minimum atomic E-state index is -0.675. The van der Waals surface area contributed by atoms with Crippen molar-refractivity contribution in [3.05, 3.63) is 35.4 Å². The SMILES string of the molecule is CCC(N)C(SCC(O)CO)c1ccccc1C. The standard InChI is InChI=1S/C14H23NO2S/c1-3-13(15)14(18-9-11(17)8-16)12-7-5-4-6-10(12)2/h4-7,11,13-14,16-17H,3,8-9,15H2,1-2H3. The van der Waals surface area contributed by atoms with Gasteiger partial charge in [-0.1, -0.05) is 31.2 Å². The Hall–Kier alpha value is -0.550. The van der Waals surface area contributed by atoms with Gasteiger partial charge in [-0.05, 0) is 24.5 Å². The van der Waals surface area contributed by atoms with Gasteiger partial charge in [-0.15, -0.1) is 11.8 Å². The fraction of sp³-hybridized carbons (Fsp3) is 0.571. The van der Waals surface area contributed by atoms with Crippen LogP contribution < -0.4 is 5.73 Å². The summed E-state index contributed by atoms with van der Waals surface area (Å²) >= 11 is 1.62. The highest BCUT2D eigenvalue weighted by Gasteiger charge is 2.21. The second kappa shape index (κ2) is 7.79. The lowest BCUT2D eigenvalue weighted by Crippen LogP contribution is -2.28. The first-order valence-electron chi connectivity index (χ1n) is 6.31. The number of rotatable bonds is 7. The Bertz CT molecular complexity index is 359. The van der Waals surface area contributed by atoms with E-state index in [1.807, 2.05) is 12.1 Å². The molecular formula is C14H23NO2S. The number of hydrogen-bond acceptors (Lipinski definition) is 4. The molecule has 0 saturated heterocycles. The number of hydrogen-bond donors (Lipinski definition) is 3. The summed E-state index contributed by atoms with van der Waals surface area (Å²) in [5.74, 6) is 0.503. The van der Waals surface area contributed by atoms with E-state index in [0.717, 1.165) is 6.42 Å². The van der Waals surface area contributed by atoms with Gasteiger partial charge in [0.2, 0.25) is 0 Å². The average molecular weight is 269 g/mol. The van der Waals surface area contributed by atoms with Gasteiger partial charge in [0.25, 0.3) is 0 Å². The third-order valence-electron chi connectivity index (χ3n) is 3.03. The second-order valence-electron chi connectivity index (χ2n) is 4.52. The number of thioether (sulfide) groups is 1. The predicted octanol–water partition coefficient (Wildman–Crippen LogP) is 1.86. The van der Waals surface area contributed by atoms with Crippen molar-refractivity contribution in [2.24, 2.45) is 5.73 Å². The number of aryl methyl sites for hydroxylation is 1. The van der Waals surface area contributed by atoms with Crippen LogP contribution in [0.2, 0.25) is 0 Å². The topological polar surface area (TPSA) is 66.5 Å². The van der Waals surface area contributed by atoms with Gasteiger partial charge in [0.15, 0.2) is 0 Å². The summed E-state index contributed by atoms with van der Waals surface area (Å²) in [4.78, 5) is 0. The molecule has 4 N–H and O–H groups in total. The summed E-state index contributed by atoms with van der Waals surface area (Å²) in [7, 11) is 0. The largest absolute Gasteiger partial charge is 0.394 e. The zero-order valence-corrected chi connectivity index (χ0v) is 11.9. The molecule has 0 spiro atoms. The van der Waals surface area contributed by atoms with Crippen molar-refractivity contribution in [3.63, 3.8) is 0 Å². The molecule has 1 rings (SSSR count). The van der Waals surface area contributed by atoms with Crippen LogP contribution in [0.1, 0.15) is 29.7 Å². The summed E-state index contributed by atoms with van der Waals surface area (Å²) in [6.45, 7) is 3.95.